The SMILES string of the molecule is CCn1c(COC(=O)c2ccsc2)nc2cc(S(=O)(=O)N3CCOCC3)ccc21. The molecule has 154 valence electrons. The molecule has 3 heterocycles. The number of carbonyl (C=O) groups is 1. The number of imidazole rings is 1. The third-order valence-corrected chi connectivity index (χ3v) is 7.39. The van der Waals surface area contributed by atoms with Crippen molar-refractivity contribution in [3.63, 3.8) is 0 Å². The van der Waals surface area contributed by atoms with Crippen LogP contribution in [0.5, 0.6) is 0 Å². The Morgan fingerprint density at radius 3 is 2.76 bits per heavy atom. The lowest BCUT2D eigenvalue weighted by Gasteiger charge is -2.26. The Morgan fingerprint density at radius 1 is 1.28 bits per heavy atom. The predicted octanol–water partition coefficient (Wildman–Crippen LogP) is 2.50. The Bertz CT molecular complexity index is 1120. The highest BCUT2D eigenvalue weighted by molar-refractivity contribution is 7.89. The van der Waals surface area contributed by atoms with Crippen LogP contribution in [-0.2, 0) is 32.6 Å². The molecule has 0 spiro atoms. The summed E-state index contributed by atoms with van der Waals surface area (Å²) in [5, 5.41) is 3.54. The van der Waals surface area contributed by atoms with E-state index in [0.29, 0.717) is 49.8 Å². The summed E-state index contributed by atoms with van der Waals surface area (Å²) < 4.78 is 39.8. The summed E-state index contributed by atoms with van der Waals surface area (Å²) in [7, 11) is -3.60. The summed E-state index contributed by atoms with van der Waals surface area (Å²) in [4.78, 5) is 16.8. The number of fused-ring (bicyclic) bond motifs is 1. The van der Waals surface area contributed by atoms with Crippen molar-refractivity contribution in [2.24, 2.45) is 0 Å². The van der Waals surface area contributed by atoms with Crippen molar-refractivity contribution in [2.75, 3.05) is 26.3 Å². The fourth-order valence-electron chi connectivity index (χ4n) is 3.31. The number of ether oxygens (including phenoxy) is 2. The zero-order valence-corrected chi connectivity index (χ0v) is 17.5. The van der Waals surface area contributed by atoms with Gasteiger partial charge in [0.05, 0.1) is 34.7 Å². The Kier molecular flexibility index (Phi) is 5.68. The van der Waals surface area contributed by atoms with Gasteiger partial charge in [0, 0.05) is 25.0 Å². The number of benzene rings is 1. The molecule has 0 N–H and O–H groups in total. The number of carbonyl (C=O) groups excluding carboxylic acids is 1. The molecule has 1 aromatic carbocycles. The maximum Gasteiger partial charge on any atom is 0.339 e. The lowest BCUT2D eigenvalue weighted by atomic mass is 10.3. The van der Waals surface area contributed by atoms with Gasteiger partial charge in [-0.3, -0.25) is 0 Å². The molecule has 29 heavy (non-hydrogen) atoms. The Morgan fingerprint density at radius 2 is 2.07 bits per heavy atom. The van der Waals surface area contributed by atoms with E-state index in [-0.39, 0.29) is 11.5 Å². The normalized spacial score (nSPS) is 15.6. The van der Waals surface area contributed by atoms with Crippen LogP contribution in [0.25, 0.3) is 11.0 Å². The second-order valence-corrected chi connectivity index (χ2v) is 9.25. The van der Waals surface area contributed by atoms with Gasteiger partial charge in [0.2, 0.25) is 10.0 Å². The number of hydrogen-bond donors (Lipinski definition) is 0. The molecule has 0 saturated carbocycles. The number of morpholine rings is 1. The molecule has 0 radical (unpaired) electrons. The van der Waals surface area contributed by atoms with E-state index in [1.807, 2.05) is 16.9 Å². The molecule has 0 amide bonds. The van der Waals surface area contributed by atoms with Gasteiger partial charge in [0.15, 0.2) is 0 Å². The van der Waals surface area contributed by atoms with Gasteiger partial charge < -0.3 is 14.0 Å². The Balaban J connectivity index is 1.61. The Hall–Kier alpha value is -2.27. The fourth-order valence-corrected chi connectivity index (χ4v) is 5.37. The monoisotopic (exact) mass is 435 g/mol. The lowest BCUT2D eigenvalue weighted by molar-refractivity contribution is 0.0459. The van der Waals surface area contributed by atoms with Crippen molar-refractivity contribution >= 4 is 38.4 Å². The second kappa shape index (κ2) is 8.23. The van der Waals surface area contributed by atoms with Crippen LogP contribution in [-0.4, -0.2) is 54.5 Å². The molecule has 2 aromatic heterocycles. The van der Waals surface area contributed by atoms with Gasteiger partial charge in [-0.05, 0) is 36.6 Å². The van der Waals surface area contributed by atoms with Crippen molar-refractivity contribution in [1.29, 1.82) is 0 Å². The number of esters is 1. The maximum atomic E-state index is 12.9. The topological polar surface area (TPSA) is 90.7 Å². The standard InChI is InChI=1S/C19H21N3O5S2/c1-2-22-17-4-3-15(29(24,25)21-6-8-26-9-7-21)11-16(17)20-18(22)12-27-19(23)14-5-10-28-13-14/h3-5,10-11,13H,2,6-9,12H2,1H3. The molecule has 1 fully saturated rings. The molecule has 4 rings (SSSR count). The molecule has 1 aliphatic rings. The summed E-state index contributed by atoms with van der Waals surface area (Å²) in [6, 6.07) is 6.64. The second-order valence-electron chi connectivity index (χ2n) is 6.53. The van der Waals surface area contributed by atoms with Crippen LogP contribution in [0.3, 0.4) is 0 Å². The molecule has 0 unspecified atom stereocenters. The van der Waals surface area contributed by atoms with Crippen molar-refractivity contribution in [2.45, 2.75) is 25.0 Å². The van der Waals surface area contributed by atoms with Gasteiger partial charge >= 0.3 is 5.97 Å². The molecule has 1 saturated heterocycles. The summed E-state index contributed by atoms with van der Waals surface area (Å²) in [6.45, 7) is 4.07. The van der Waals surface area contributed by atoms with Crippen LogP contribution in [0.1, 0.15) is 23.1 Å². The quantitative estimate of drug-likeness (QED) is 0.553. The van der Waals surface area contributed by atoms with Gasteiger partial charge in [-0.1, -0.05) is 0 Å². The van der Waals surface area contributed by atoms with Gasteiger partial charge in [-0.2, -0.15) is 15.6 Å². The van der Waals surface area contributed by atoms with Crippen molar-refractivity contribution in [3.05, 3.63) is 46.4 Å². The van der Waals surface area contributed by atoms with Gasteiger partial charge in [0.1, 0.15) is 12.4 Å². The molecule has 3 aromatic rings. The largest absolute Gasteiger partial charge is 0.454 e. The zero-order valence-electron chi connectivity index (χ0n) is 15.9. The van der Waals surface area contributed by atoms with Gasteiger partial charge in [-0.25, -0.2) is 18.2 Å². The third kappa shape index (κ3) is 3.93. The molecule has 10 heteroatoms. The first-order chi connectivity index (χ1) is 14.0. The minimum Gasteiger partial charge on any atom is -0.454 e. The van der Waals surface area contributed by atoms with Crippen LogP contribution in [0.2, 0.25) is 0 Å². The molecular formula is C19H21N3O5S2. The molecule has 8 nitrogen and oxygen atoms in total. The Labute approximate surface area is 172 Å². The highest BCUT2D eigenvalue weighted by atomic mass is 32.2. The fraction of sp³-hybridized carbons (Fsp3) is 0.368. The molecule has 1 aliphatic heterocycles. The minimum atomic E-state index is -3.60. The lowest BCUT2D eigenvalue weighted by Crippen LogP contribution is -2.40. The van der Waals surface area contributed by atoms with E-state index >= 15 is 0 Å². The van der Waals surface area contributed by atoms with E-state index in [1.54, 1.807) is 29.6 Å². The smallest absolute Gasteiger partial charge is 0.339 e. The maximum absolute atomic E-state index is 12.9. The third-order valence-electron chi connectivity index (χ3n) is 4.81. The average Bonchev–Trinajstić information content (AvgIpc) is 3.39. The van der Waals surface area contributed by atoms with Crippen LogP contribution in [0, 0.1) is 0 Å². The molecular weight excluding hydrogens is 414 g/mol. The van der Waals surface area contributed by atoms with Crippen molar-refractivity contribution in [1.82, 2.24) is 13.9 Å². The first-order valence-corrected chi connectivity index (χ1v) is 11.7. The summed E-state index contributed by atoms with van der Waals surface area (Å²) >= 11 is 1.43. The zero-order chi connectivity index (χ0) is 20.4. The van der Waals surface area contributed by atoms with E-state index < -0.39 is 16.0 Å². The van der Waals surface area contributed by atoms with Gasteiger partial charge in [0.25, 0.3) is 0 Å². The van der Waals surface area contributed by atoms with Crippen LogP contribution < -0.4 is 0 Å². The van der Waals surface area contributed by atoms with Gasteiger partial charge in [-0.15, -0.1) is 0 Å². The number of aromatic nitrogens is 2. The molecule has 0 atom stereocenters. The number of rotatable bonds is 6. The number of nitrogens with zero attached hydrogens (tertiary/aromatic N) is 3. The van der Waals surface area contributed by atoms with Crippen molar-refractivity contribution < 1.29 is 22.7 Å². The van der Waals surface area contributed by atoms with Crippen LogP contribution in [0.15, 0.2) is 39.9 Å². The van der Waals surface area contributed by atoms with E-state index in [4.69, 9.17) is 9.47 Å². The number of aryl methyl sites for hydroxylation is 1. The van der Waals surface area contributed by atoms with E-state index in [1.165, 1.54) is 15.6 Å². The summed E-state index contributed by atoms with van der Waals surface area (Å²) in [5.41, 5.74) is 1.87. The first-order valence-electron chi connectivity index (χ1n) is 9.27. The number of hydrogen-bond acceptors (Lipinski definition) is 7. The van der Waals surface area contributed by atoms with E-state index in [9.17, 15) is 13.2 Å². The highest BCUT2D eigenvalue weighted by Gasteiger charge is 2.27. The van der Waals surface area contributed by atoms with E-state index in [2.05, 4.69) is 4.98 Å². The molecule has 0 aliphatic carbocycles. The summed E-state index contributed by atoms with van der Waals surface area (Å²) in [6.07, 6.45) is 0. The summed E-state index contributed by atoms with van der Waals surface area (Å²) in [5.74, 6) is 0.170. The number of sulfonamides is 1. The first kappa shape index (κ1) is 20.0. The average molecular weight is 436 g/mol. The van der Waals surface area contributed by atoms with Crippen LogP contribution >= 0.6 is 11.3 Å². The molecule has 0 bridgehead atoms. The van der Waals surface area contributed by atoms with Crippen molar-refractivity contribution in [3.8, 4) is 0 Å². The van der Waals surface area contributed by atoms with E-state index in [0.717, 1.165) is 5.52 Å². The van der Waals surface area contributed by atoms with Crippen LogP contribution in [0.4, 0.5) is 0 Å². The number of thiophene rings is 1. The highest BCUT2D eigenvalue weighted by Crippen LogP contribution is 2.24. The minimum absolute atomic E-state index is 0.0166. The predicted molar refractivity (Wildman–Crippen MR) is 108 cm³/mol.